The van der Waals surface area contributed by atoms with Crippen molar-refractivity contribution in [3.05, 3.63) is 58.0 Å². The van der Waals surface area contributed by atoms with E-state index in [-0.39, 0.29) is 10.5 Å². The molecular formula is C17H14ClFN2. The van der Waals surface area contributed by atoms with Gasteiger partial charge in [0.2, 0.25) is 0 Å². The van der Waals surface area contributed by atoms with Crippen LogP contribution in [0, 0.1) is 26.6 Å². The average Bonchev–Trinajstić information content (AvgIpc) is 2.45. The van der Waals surface area contributed by atoms with Crippen molar-refractivity contribution in [1.82, 2.24) is 9.97 Å². The van der Waals surface area contributed by atoms with Crippen LogP contribution in [0.25, 0.3) is 22.3 Å². The lowest BCUT2D eigenvalue weighted by Crippen LogP contribution is -1.96. The molecule has 0 spiro atoms. The Morgan fingerprint density at radius 2 is 1.62 bits per heavy atom. The zero-order valence-corrected chi connectivity index (χ0v) is 12.8. The van der Waals surface area contributed by atoms with Crippen LogP contribution in [-0.2, 0) is 0 Å². The molecular weight excluding hydrogens is 287 g/mol. The van der Waals surface area contributed by atoms with Crippen LogP contribution in [0.3, 0.4) is 0 Å². The molecule has 0 saturated heterocycles. The standard InChI is InChI=1S/C17H14ClFN2/c1-9-4-6-12(8-11(9)3)17-20-15-10(2)5-7-13(19)14(15)16(18)21-17/h4-8H,1-3H3. The second-order valence-electron chi connectivity index (χ2n) is 5.22. The molecule has 106 valence electrons. The first kappa shape index (κ1) is 14.0. The lowest BCUT2D eigenvalue weighted by atomic mass is 10.1. The van der Waals surface area contributed by atoms with Gasteiger partial charge >= 0.3 is 0 Å². The number of hydrogen-bond donors (Lipinski definition) is 0. The lowest BCUT2D eigenvalue weighted by molar-refractivity contribution is 0.639. The minimum atomic E-state index is -0.396. The Labute approximate surface area is 127 Å². The van der Waals surface area contributed by atoms with Gasteiger partial charge in [0.15, 0.2) is 5.82 Å². The Morgan fingerprint density at radius 3 is 2.33 bits per heavy atom. The molecule has 0 radical (unpaired) electrons. The molecule has 0 atom stereocenters. The van der Waals surface area contributed by atoms with Crippen LogP contribution in [0.2, 0.25) is 5.15 Å². The van der Waals surface area contributed by atoms with E-state index >= 15 is 0 Å². The number of rotatable bonds is 1. The van der Waals surface area contributed by atoms with Gasteiger partial charge in [-0.05, 0) is 49.6 Å². The Bertz CT molecular complexity index is 859. The van der Waals surface area contributed by atoms with E-state index in [2.05, 4.69) is 9.97 Å². The average molecular weight is 301 g/mol. The minimum Gasteiger partial charge on any atom is -0.228 e. The monoisotopic (exact) mass is 300 g/mol. The highest BCUT2D eigenvalue weighted by Crippen LogP contribution is 2.29. The minimum absolute atomic E-state index is 0.148. The van der Waals surface area contributed by atoms with Gasteiger partial charge in [-0.2, -0.15) is 0 Å². The molecule has 2 aromatic carbocycles. The van der Waals surface area contributed by atoms with Gasteiger partial charge in [0.05, 0.1) is 10.9 Å². The second-order valence-corrected chi connectivity index (χ2v) is 5.58. The molecule has 21 heavy (non-hydrogen) atoms. The molecule has 3 rings (SSSR count). The van der Waals surface area contributed by atoms with Crippen LogP contribution >= 0.6 is 11.6 Å². The SMILES string of the molecule is Cc1ccc(-c2nc(Cl)c3c(F)ccc(C)c3n2)cc1C. The Hall–Kier alpha value is -2.00. The topological polar surface area (TPSA) is 25.8 Å². The molecule has 0 bridgehead atoms. The predicted molar refractivity (Wildman–Crippen MR) is 84.2 cm³/mol. The van der Waals surface area contributed by atoms with E-state index in [1.165, 1.54) is 11.6 Å². The summed E-state index contributed by atoms with van der Waals surface area (Å²) in [6.07, 6.45) is 0. The maximum atomic E-state index is 13.9. The maximum absolute atomic E-state index is 13.9. The van der Waals surface area contributed by atoms with E-state index < -0.39 is 5.82 Å². The Balaban J connectivity index is 2.30. The number of aryl methyl sites for hydroxylation is 3. The Morgan fingerprint density at radius 1 is 0.905 bits per heavy atom. The smallest absolute Gasteiger partial charge is 0.161 e. The maximum Gasteiger partial charge on any atom is 0.161 e. The highest BCUT2D eigenvalue weighted by Gasteiger charge is 2.13. The predicted octanol–water partition coefficient (Wildman–Crippen LogP) is 5.01. The normalized spacial score (nSPS) is 11.1. The third kappa shape index (κ3) is 2.38. The highest BCUT2D eigenvalue weighted by atomic mass is 35.5. The number of fused-ring (bicyclic) bond motifs is 1. The fourth-order valence-corrected chi connectivity index (χ4v) is 2.56. The molecule has 0 aliphatic carbocycles. The number of benzene rings is 2. The van der Waals surface area contributed by atoms with Gasteiger partial charge in [0.1, 0.15) is 11.0 Å². The molecule has 4 heteroatoms. The van der Waals surface area contributed by atoms with Crippen LogP contribution < -0.4 is 0 Å². The number of nitrogens with zero attached hydrogens (tertiary/aromatic N) is 2. The number of aromatic nitrogens is 2. The summed E-state index contributed by atoms with van der Waals surface area (Å²) in [5.41, 5.74) is 4.67. The van der Waals surface area contributed by atoms with Crippen molar-refractivity contribution >= 4 is 22.5 Å². The van der Waals surface area contributed by atoms with Crippen LogP contribution in [0.4, 0.5) is 4.39 Å². The third-order valence-electron chi connectivity index (χ3n) is 3.72. The molecule has 0 aliphatic rings. The van der Waals surface area contributed by atoms with E-state index in [9.17, 15) is 4.39 Å². The van der Waals surface area contributed by atoms with Crippen molar-refractivity contribution in [2.75, 3.05) is 0 Å². The van der Waals surface area contributed by atoms with E-state index in [1.54, 1.807) is 6.07 Å². The fraction of sp³-hybridized carbons (Fsp3) is 0.176. The summed E-state index contributed by atoms with van der Waals surface area (Å²) in [6, 6.07) is 9.08. The molecule has 3 aromatic rings. The molecule has 1 aromatic heterocycles. The summed E-state index contributed by atoms with van der Waals surface area (Å²) < 4.78 is 13.9. The molecule has 2 nitrogen and oxygen atoms in total. The van der Waals surface area contributed by atoms with E-state index in [0.717, 1.165) is 16.7 Å². The van der Waals surface area contributed by atoms with Crippen LogP contribution in [0.5, 0.6) is 0 Å². The fourth-order valence-electron chi connectivity index (χ4n) is 2.30. The molecule has 0 saturated carbocycles. The van der Waals surface area contributed by atoms with Crippen molar-refractivity contribution in [2.24, 2.45) is 0 Å². The van der Waals surface area contributed by atoms with E-state index in [4.69, 9.17) is 11.6 Å². The van der Waals surface area contributed by atoms with Gasteiger partial charge < -0.3 is 0 Å². The number of halogens is 2. The van der Waals surface area contributed by atoms with Gasteiger partial charge in [-0.25, -0.2) is 14.4 Å². The van der Waals surface area contributed by atoms with E-state index in [1.807, 2.05) is 39.0 Å². The van der Waals surface area contributed by atoms with Gasteiger partial charge in [-0.15, -0.1) is 0 Å². The van der Waals surface area contributed by atoms with Crippen LogP contribution in [-0.4, -0.2) is 9.97 Å². The van der Waals surface area contributed by atoms with Crippen LogP contribution in [0.1, 0.15) is 16.7 Å². The summed E-state index contributed by atoms with van der Waals surface area (Å²) in [5.74, 6) is 0.122. The molecule has 0 unspecified atom stereocenters. The van der Waals surface area contributed by atoms with Gasteiger partial charge in [-0.1, -0.05) is 29.8 Å². The second kappa shape index (κ2) is 5.08. The summed E-state index contributed by atoms with van der Waals surface area (Å²) in [6.45, 7) is 5.97. The van der Waals surface area contributed by atoms with Crippen molar-refractivity contribution < 1.29 is 4.39 Å². The first-order valence-corrected chi connectivity index (χ1v) is 7.05. The van der Waals surface area contributed by atoms with Crippen molar-refractivity contribution in [2.45, 2.75) is 20.8 Å². The molecule has 0 N–H and O–H groups in total. The summed E-state index contributed by atoms with van der Waals surface area (Å²) >= 11 is 6.17. The molecule has 0 fully saturated rings. The zero-order valence-electron chi connectivity index (χ0n) is 12.0. The van der Waals surface area contributed by atoms with Gasteiger partial charge in [0, 0.05) is 5.56 Å². The largest absolute Gasteiger partial charge is 0.228 e. The summed E-state index contributed by atoms with van der Waals surface area (Å²) in [5, 5.41) is 0.429. The van der Waals surface area contributed by atoms with Gasteiger partial charge in [-0.3, -0.25) is 0 Å². The van der Waals surface area contributed by atoms with E-state index in [0.29, 0.717) is 11.3 Å². The quantitative estimate of drug-likeness (QED) is 0.590. The van der Waals surface area contributed by atoms with Crippen molar-refractivity contribution in [1.29, 1.82) is 0 Å². The van der Waals surface area contributed by atoms with Crippen molar-refractivity contribution in [3.63, 3.8) is 0 Å². The Kier molecular flexibility index (Phi) is 3.38. The first-order chi connectivity index (χ1) is 9.97. The molecule has 0 amide bonds. The zero-order chi connectivity index (χ0) is 15.1. The molecule has 0 aliphatic heterocycles. The first-order valence-electron chi connectivity index (χ1n) is 6.67. The third-order valence-corrected chi connectivity index (χ3v) is 4.00. The van der Waals surface area contributed by atoms with Gasteiger partial charge in [0.25, 0.3) is 0 Å². The number of hydrogen-bond acceptors (Lipinski definition) is 2. The summed E-state index contributed by atoms with van der Waals surface area (Å²) in [4.78, 5) is 8.76. The van der Waals surface area contributed by atoms with Crippen LogP contribution in [0.15, 0.2) is 30.3 Å². The summed E-state index contributed by atoms with van der Waals surface area (Å²) in [7, 11) is 0. The highest BCUT2D eigenvalue weighted by molar-refractivity contribution is 6.34. The molecule has 1 heterocycles. The van der Waals surface area contributed by atoms with Crippen molar-refractivity contribution in [3.8, 4) is 11.4 Å². The lowest BCUT2D eigenvalue weighted by Gasteiger charge is -2.09.